The predicted octanol–water partition coefficient (Wildman–Crippen LogP) is 1.49. The Labute approximate surface area is 98.6 Å². The summed E-state index contributed by atoms with van der Waals surface area (Å²) in [6.07, 6.45) is 3.64. The number of rotatable bonds is 1. The van der Waals surface area contributed by atoms with Crippen LogP contribution in [0.25, 0.3) is 0 Å². The normalized spacial score (nSPS) is 36.1. The van der Waals surface area contributed by atoms with Gasteiger partial charge in [0.05, 0.1) is 5.92 Å². The molecule has 3 atom stereocenters. The second-order valence-electron chi connectivity index (χ2n) is 5.60. The summed E-state index contributed by atoms with van der Waals surface area (Å²) in [7, 11) is 0. The van der Waals surface area contributed by atoms with Crippen molar-refractivity contribution in [1.29, 1.82) is 0 Å². The molecule has 16 heavy (non-hydrogen) atoms. The van der Waals surface area contributed by atoms with Gasteiger partial charge in [0.1, 0.15) is 0 Å². The zero-order valence-electron chi connectivity index (χ0n) is 10.5. The minimum absolute atomic E-state index is 0.230. The largest absolute Gasteiger partial charge is 0.342 e. The Kier molecular flexibility index (Phi) is 3.85. The number of carbonyl (C=O) groups is 1. The third kappa shape index (κ3) is 2.57. The van der Waals surface area contributed by atoms with Crippen molar-refractivity contribution in [1.82, 2.24) is 10.2 Å². The summed E-state index contributed by atoms with van der Waals surface area (Å²) in [5.74, 6) is 1.92. The lowest BCUT2D eigenvalue weighted by molar-refractivity contribution is -0.135. The Morgan fingerprint density at radius 2 is 2.00 bits per heavy atom. The van der Waals surface area contributed by atoms with Crippen LogP contribution in [0.4, 0.5) is 0 Å². The molecular weight excluding hydrogens is 200 g/mol. The van der Waals surface area contributed by atoms with Crippen LogP contribution in [-0.2, 0) is 4.79 Å². The zero-order valence-corrected chi connectivity index (χ0v) is 10.5. The van der Waals surface area contributed by atoms with Gasteiger partial charge in [-0.3, -0.25) is 4.79 Å². The highest BCUT2D eigenvalue weighted by Crippen LogP contribution is 2.22. The third-order valence-electron chi connectivity index (χ3n) is 4.16. The first kappa shape index (κ1) is 11.9. The molecule has 2 heterocycles. The van der Waals surface area contributed by atoms with Crippen molar-refractivity contribution in [2.24, 2.45) is 17.8 Å². The van der Waals surface area contributed by atoms with Crippen LogP contribution >= 0.6 is 0 Å². The van der Waals surface area contributed by atoms with Crippen LogP contribution in [0.15, 0.2) is 0 Å². The van der Waals surface area contributed by atoms with Gasteiger partial charge in [-0.05, 0) is 37.6 Å². The summed E-state index contributed by atoms with van der Waals surface area (Å²) in [5, 5.41) is 3.32. The topological polar surface area (TPSA) is 32.3 Å². The van der Waals surface area contributed by atoms with Crippen molar-refractivity contribution in [2.75, 3.05) is 26.2 Å². The van der Waals surface area contributed by atoms with E-state index in [0.29, 0.717) is 11.8 Å². The van der Waals surface area contributed by atoms with E-state index >= 15 is 0 Å². The van der Waals surface area contributed by atoms with Crippen molar-refractivity contribution in [3.8, 4) is 0 Å². The molecule has 0 bridgehead atoms. The van der Waals surface area contributed by atoms with E-state index in [1.165, 1.54) is 19.3 Å². The fourth-order valence-corrected chi connectivity index (χ4v) is 2.86. The standard InChI is InChI=1S/C13H24N2O/c1-10-4-3-6-15(7-5-10)13(16)12-9-14-8-11(12)2/h10-12,14H,3-9H2,1-2H3/t10?,11-,12-/m1/s1. The van der Waals surface area contributed by atoms with Crippen LogP contribution in [-0.4, -0.2) is 37.0 Å². The van der Waals surface area contributed by atoms with Gasteiger partial charge < -0.3 is 10.2 Å². The molecule has 0 radical (unpaired) electrons. The molecule has 92 valence electrons. The van der Waals surface area contributed by atoms with Gasteiger partial charge in [-0.15, -0.1) is 0 Å². The monoisotopic (exact) mass is 224 g/mol. The third-order valence-corrected chi connectivity index (χ3v) is 4.16. The van der Waals surface area contributed by atoms with Crippen LogP contribution < -0.4 is 5.32 Å². The first-order valence-electron chi connectivity index (χ1n) is 6.68. The Hall–Kier alpha value is -0.570. The summed E-state index contributed by atoms with van der Waals surface area (Å²) in [6, 6.07) is 0. The van der Waals surface area contributed by atoms with Gasteiger partial charge in [0, 0.05) is 19.6 Å². The molecule has 0 aliphatic carbocycles. The first-order valence-corrected chi connectivity index (χ1v) is 6.68. The smallest absolute Gasteiger partial charge is 0.227 e. The van der Waals surface area contributed by atoms with Crippen molar-refractivity contribution in [3.63, 3.8) is 0 Å². The summed E-state index contributed by atoms with van der Waals surface area (Å²) in [4.78, 5) is 14.5. The minimum atomic E-state index is 0.230. The number of carbonyl (C=O) groups excluding carboxylic acids is 1. The highest BCUT2D eigenvalue weighted by molar-refractivity contribution is 5.79. The molecule has 0 spiro atoms. The maximum absolute atomic E-state index is 12.4. The van der Waals surface area contributed by atoms with Gasteiger partial charge >= 0.3 is 0 Å². The Balaban J connectivity index is 1.93. The Bertz CT molecular complexity index is 254. The maximum Gasteiger partial charge on any atom is 0.227 e. The lowest BCUT2D eigenvalue weighted by Gasteiger charge is -2.25. The zero-order chi connectivity index (χ0) is 11.5. The van der Waals surface area contributed by atoms with Gasteiger partial charge in [-0.25, -0.2) is 0 Å². The van der Waals surface area contributed by atoms with Crippen LogP contribution in [0.2, 0.25) is 0 Å². The van der Waals surface area contributed by atoms with Crippen molar-refractivity contribution >= 4 is 5.91 Å². The molecule has 0 saturated carbocycles. The lowest BCUT2D eigenvalue weighted by atomic mass is 9.96. The number of nitrogens with one attached hydrogen (secondary N) is 1. The Morgan fingerprint density at radius 3 is 2.69 bits per heavy atom. The molecule has 2 fully saturated rings. The van der Waals surface area contributed by atoms with Crippen molar-refractivity contribution < 1.29 is 4.79 Å². The average Bonchev–Trinajstić information content (AvgIpc) is 2.56. The molecule has 2 rings (SSSR count). The molecule has 3 heteroatoms. The number of hydrogen-bond acceptors (Lipinski definition) is 2. The van der Waals surface area contributed by atoms with Gasteiger partial charge in [0.2, 0.25) is 5.91 Å². The number of hydrogen-bond donors (Lipinski definition) is 1. The molecule has 0 aromatic carbocycles. The van der Waals surface area contributed by atoms with Gasteiger partial charge in [-0.2, -0.15) is 0 Å². The lowest BCUT2D eigenvalue weighted by Crippen LogP contribution is -2.39. The molecular formula is C13H24N2O. The first-order chi connectivity index (χ1) is 7.68. The van der Waals surface area contributed by atoms with Gasteiger partial charge in [-0.1, -0.05) is 13.8 Å². The van der Waals surface area contributed by atoms with Crippen LogP contribution in [0.1, 0.15) is 33.1 Å². The summed E-state index contributed by atoms with van der Waals surface area (Å²) >= 11 is 0. The van der Waals surface area contributed by atoms with Crippen molar-refractivity contribution in [3.05, 3.63) is 0 Å². The van der Waals surface area contributed by atoms with Crippen LogP contribution in [0.5, 0.6) is 0 Å². The molecule has 1 unspecified atom stereocenters. The fraction of sp³-hybridized carbons (Fsp3) is 0.923. The highest BCUT2D eigenvalue weighted by Gasteiger charge is 2.33. The van der Waals surface area contributed by atoms with E-state index in [0.717, 1.165) is 32.1 Å². The molecule has 0 aromatic rings. The van der Waals surface area contributed by atoms with Crippen LogP contribution in [0, 0.1) is 17.8 Å². The number of amides is 1. The number of nitrogens with zero attached hydrogens (tertiary/aromatic N) is 1. The molecule has 2 aliphatic heterocycles. The average molecular weight is 224 g/mol. The summed E-state index contributed by atoms with van der Waals surface area (Å²) in [5.41, 5.74) is 0. The molecule has 2 saturated heterocycles. The van der Waals surface area contributed by atoms with E-state index in [1.54, 1.807) is 0 Å². The van der Waals surface area contributed by atoms with E-state index < -0.39 is 0 Å². The van der Waals surface area contributed by atoms with Gasteiger partial charge in [0.25, 0.3) is 0 Å². The minimum Gasteiger partial charge on any atom is -0.342 e. The van der Waals surface area contributed by atoms with Crippen molar-refractivity contribution in [2.45, 2.75) is 33.1 Å². The quantitative estimate of drug-likeness (QED) is 0.732. The summed E-state index contributed by atoms with van der Waals surface area (Å²) in [6.45, 7) is 8.32. The second kappa shape index (κ2) is 5.17. The van der Waals surface area contributed by atoms with E-state index in [4.69, 9.17) is 0 Å². The molecule has 1 amide bonds. The van der Waals surface area contributed by atoms with E-state index in [2.05, 4.69) is 24.1 Å². The van der Waals surface area contributed by atoms with Crippen LogP contribution in [0.3, 0.4) is 0 Å². The molecule has 0 aromatic heterocycles. The second-order valence-corrected chi connectivity index (χ2v) is 5.60. The Morgan fingerprint density at radius 1 is 1.19 bits per heavy atom. The van der Waals surface area contributed by atoms with Gasteiger partial charge in [0.15, 0.2) is 0 Å². The maximum atomic E-state index is 12.4. The molecule has 2 aliphatic rings. The van der Waals surface area contributed by atoms with E-state index in [9.17, 15) is 4.79 Å². The predicted molar refractivity (Wildman–Crippen MR) is 65.1 cm³/mol. The van der Waals surface area contributed by atoms with E-state index in [1.807, 2.05) is 0 Å². The van der Waals surface area contributed by atoms with E-state index in [-0.39, 0.29) is 5.92 Å². The molecule has 3 nitrogen and oxygen atoms in total. The number of likely N-dealkylation sites (tertiary alicyclic amines) is 1. The SMILES string of the molecule is CC1CCCN(C(=O)[C@@H]2CNC[C@H]2C)CC1. The fourth-order valence-electron chi connectivity index (χ4n) is 2.86. The highest BCUT2D eigenvalue weighted by atomic mass is 16.2. The summed E-state index contributed by atoms with van der Waals surface area (Å²) < 4.78 is 0. The molecule has 1 N–H and O–H groups in total.